The van der Waals surface area contributed by atoms with Crippen LogP contribution in [0.25, 0.3) is 0 Å². The first-order valence-corrected chi connectivity index (χ1v) is 11.7. The van der Waals surface area contributed by atoms with Gasteiger partial charge in [0.2, 0.25) is 10.0 Å². The summed E-state index contributed by atoms with van der Waals surface area (Å²) in [6.45, 7) is 2.07. The molecule has 1 aliphatic heterocycles. The van der Waals surface area contributed by atoms with E-state index in [1.807, 2.05) is 11.9 Å². The third-order valence-corrected chi connectivity index (χ3v) is 7.14. The normalized spacial score (nSPS) is 14.9. The van der Waals surface area contributed by atoms with E-state index in [0.29, 0.717) is 31.9 Å². The first kappa shape index (κ1) is 25.1. The van der Waals surface area contributed by atoms with E-state index in [1.165, 1.54) is 28.6 Å². The van der Waals surface area contributed by atoms with Crippen LogP contribution in [0.2, 0.25) is 0 Å². The van der Waals surface area contributed by atoms with Gasteiger partial charge >= 0.3 is 0 Å². The fraction of sp³-hybridized carbons (Fsp3) is 0.263. The molecular formula is C19H20N6O7S2. The van der Waals surface area contributed by atoms with Crippen molar-refractivity contribution in [3.05, 3.63) is 68.3 Å². The molecule has 15 heteroatoms. The van der Waals surface area contributed by atoms with Crippen LogP contribution in [0.1, 0.15) is 10.4 Å². The van der Waals surface area contributed by atoms with Crippen LogP contribution in [-0.4, -0.2) is 71.7 Å². The summed E-state index contributed by atoms with van der Waals surface area (Å²) in [5.41, 5.74) is -1.17. The summed E-state index contributed by atoms with van der Waals surface area (Å²) in [6.07, 6.45) is 0. The van der Waals surface area contributed by atoms with Crippen LogP contribution in [0.5, 0.6) is 0 Å². The summed E-state index contributed by atoms with van der Waals surface area (Å²) in [7, 11) is -1.72. The van der Waals surface area contributed by atoms with Crippen LogP contribution in [0, 0.1) is 20.2 Å². The molecule has 3 rings (SSSR count). The Bertz CT molecular complexity index is 1210. The summed E-state index contributed by atoms with van der Waals surface area (Å²) < 4.78 is 27.0. The maximum Gasteiger partial charge on any atom is 0.277 e. The summed E-state index contributed by atoms with van der Waals surface area (Å²) in [6, 6.07) is 8.28. The third kappa shape index (κ3) is 5.88. The Morgan fingerprint density at radius 1 is 0.971 bits per heavy atom. The van der Waals surface area contributed by atoms with E-state index in [-0.39, 0.29) is 15.6 Å². The number of sulfonamides is 1. The molecule has 180 valence electrons. The number of piperazine rings is 1. The summed E-state index contributed by atoms with van der Waals surface area (Å²) in [5.74, 6) is -0.890. The molecule has 0 aliphatic carbocycles. The quantitative estimate of drug-likeness (QED) is 0.332. The maximum atomic E-state index is 12.8. The van der Waals surface area contributed by atoms with Crippen molar-refractivity contribution in [1.82, 2.24) is 14.5 Å². The van der Waals surface area contributed by atoms with Crippen LogP contribution in [0.4, 0.5) is 17.1 Å². The van der Waals surface area contributed by atoms with Gasteiger partial charge in [0, 0.05) is 44.0 Å². The number of benzene rings is 2. The molecule has 0 atom stereocenters. The van der Waals surface area contributed by atoms with Gasteiger partial charge in [-0.15, -0.1) is 0 Å². The van der Waals surface area contributed by atoms with Gasteiger partial charge < -0.3 is 10.2 Å². The molecule has 2 N–H and O–H groups in total. The van der Waals surface area contributed by atoms with Gasteiger partial charge in [-0.1, -0.05) is 0 Å². The topological polar surface area (TPSA) is 168 Å². The number of non-ortho nitro benzene ring substituents is 2. The molecule has 34 heavy (non-hydrogen) atoms. The largest absolute Gasteiger partial charge is 0.332 e. The zero-order chi connectivity index (χ0) is 25.0. The molecule has 0 unspecified atom stereocenters. The summed E-state index contributed by atoms with van der Waals surface area (Å²) in [4.78, 5) is 34.8. The predicted octanol–water partition coefficient (Wildman–Crippen LogP) is 1.57. The average molecular weight is 509 g/mol. The fourth-order valence-electron chi connectivity index (χ4n) is 3.16. The molecule has 1 fully saturated rings. The van der Waals surface area contributed by atoms with Crippen LogP contribution in [0.15, 0.2) is 47.4 Å². The minimum atomic E-state index is -3.64. The highest BCUT2D eigenvalue weighted by Crippen LogP contribution is 2.23. The Balaban J connectivity index is 1.67. The van der Waals surface area contributed by atoms with E-state index in [1.54, 1.807) is 0 Å². The Morgan fingerprint density at radius 3 is 2.00 bits per heavy atom. The lowest BCUT2D eigenvalue weighted by atomic mass is 10.1. The van der Waals surface area contributed by atoms with Crippen molar-refractivity contribution >= 4 is 50.3 Å². The van der Waals surface area contributed by atoms with Crippen molar-refractivity contribution in [1.29, 1.82) is 0 Å². The number of nitrogens with one attached hydrogen (secondary N) is 2. The number of rotatable bonds is 6. The van der Waals surface area contributed by atoms with Gasteiger partial charge in [0.25, 0.3) is 17.3 Å². The van der Waals surface area contributed by atoms with Gasteiger partial charge in [-0.05, 0) is 43.5 Å². The number of amides is 1. The van der Waals surface area contributed by atoms with Gasteiger partial charge in [0.15, 0.2) is 5.11 Å². The second-order valence-electron chi connectivity index (χ2n) is 7.39. The zero-order valence-electron chi connectivity index (χ0n) is 17.8. The molecule has 1 amide bonds. The van der Waals surface area contributed by atoms with Crippen molar-refractivity contribution in [3.63, 3.8) is 0 Å². The van der Waals surface area contributed by atoms with E-state index in [4.69, 9.17) is 12.2 Å². The van der Waals surface area contributed by atoms with E-state index >= 15 is 0 Å². The third-order valence-electron chi connectivity index (χ3n) is 5.03. The van der Waals surface area contributed by atoms with Gasteiger partial charge in [-0.3, -0.25) is 30.3 Å². The average Bonchev–Trinajstić information content (AvgIpc) is 2.79. The molecule has 1 aliphatic rings. The molecule has 0 aromatic heterocycles. The number of hydrogen-bond donors (Lipinski definition) is 2. The summed E-state index contributed by atoms with van der Waals surface area (Å²) in [5, 5.41) is 26.8. The second-order valence-corrected chi connectivity index (χ2v) is 9.74. The van der Waals surface area contributed by atoms with Crippen LogP contribution in [-0.2, 0) is 10.0 Å². The monoisotopic (exact) mass is 508 g/mol. The van der Waals surface area contributed by atoms with E-state index < -0.39 is 37.2 Å². The molecule has 2 aromatic rings. The van der Waals surface area contributed by atoms with Crippen molar-refractivity contribution in [3.8, 4) is 0 Å². The summed E-state index contributed by atoms with van der Waals surface area (Å²) >= 11 is 5.06. The smallest absolute Gasteiger partial charge is 0.277 e. The minimum absolute atomic E-state index is 0.112. The number of hydrogen-bond acceptors (Lipinski definition) is 9. The number of carbonyl (C=O) groups excluding carboxylic acids is 1. The lowest BCUT2D eigenvalue weighted by molar-refractivity contribution is -0.394. The second kappa shape index (κ2) is 10.2. The highest BCUT2D eigenvalue weighted by molar-refractivity contribution is 7.89. The number of anilines is 1. The fourth-order valence-corrected chi connectivity index (χ4v) is 4.80. The molecule has 0 radical (unpaired) electrons. The van der Waals surface area contributed by atoms with Gasteiger partial charge in [0.05, 0.1) is 26.4 Å². The van der Waals surface area contributed by atoms with Crippen LogP contribution >= 0.6 is 12.2 Å². The Hall–Kier alpha value is -3.53. The molecule has 13 nitrogen and oxygen atoms in total. The Labute approximate surface area is 199 Å². The number of likely N-dealkylation sites (N-methyl/N-ethyl adjacent to an activating group) is 1. The molecule has 1 saturated heterocycles. The lowest BCUT2D eigenvalue weighted by Gasteiger charge is -2.31. The molecule has 2 aromatic carbocycles. The number of nitro groups is 2. The lowest BCUT2D eigenvalue weighted by Crippen LogP contribution is -2.46. The van der Waals surface area contributed by atoms with E-state index in [9.17, 15) is 33.4 Å². The van der Waals surface area contributed by atoms with Crippen molar-refractivity contribution in [2.75, 3.05) is 38.5 Å². The highest BCUT2D eigenvalue weighted by Gasteiger charge is 2.27. The predicted molar refractivity (Wildman–Crippen MR) is 126 cm³/mol. The number of thiocarbonyl (C=S) groups is 1. The van der Waals surface area contributed by atoms with Crippen molar-refractivity contribution in [2.45, 2.75) is 4.90 Å². The Kier molecular flexibility index (Phi) is 7.51. The van der Waals surface area contributed by atoms with E-state index in [2.05, 4.69) is 10.6 Å². The van der Waals surface area contributed by atoms with E-state index in [0.717, 1.165) is 18.2 Å². The molecule has 1 heterocycles. The molecular weight excluding hydrogens is 488 g/mol. The van der Waals surface area contributed by atoms with Gasteiger partial charge in [-0.25, -0.2) is 8.42 Å². The standard InChI is InChI=1S/C19H20N6O7S2/c1-22-6-8-23(9-7-22)34(31,32)17-4-2-14(3-5-17)20-19(33)21-18(26)13-10-15(24(27)28)12-16(11-13)25(29)30/h2-5,10-12H,6-9H2,1H3,(H2,20,21,26,33). The SMILES string of the molecule is CN1CCN(S(=O)(=O)c2ccc(NC(=S)NC(=O)c3cc([N+](=O)[O-])cc([N+](=O)[O-])c3)cc2)CC1. The maximum absolute atomic E-state index is 12.8. The first-order chi connectivity index (χ1) is 16.0. The van der Waals surface area contributed by atoms with Gasteiger partial charge in [0.1, 0.15) is 0 Å². The van der Waals surface area contributed by atoms with Crippen LogP contribution < -0.4 is 10.6 Å². The minimum Gasteiger partial charge on any atom is -0.332 e. The van der Waals surface area contributed by atoms with Crippen LogP contribution in [0.3, 0.4) is 0 Å². The van der Waals surface area contributed by atoms with Crippen molar-refractivity contribution < 1.29 is 23.1 Å². The molecule has 0 bridgehead atoms. The number of nitro benzene ring substituents is 2. The van der Waals surface area contributed by atoms with Gasteiger partial charge in [-0.2, -0.15) is 4.31 Å². The highest BCUT2D eigenvalue weighted by atomic mass is 32.2. The first-order valence-electron chi connectivity index (χ1n) is 9.82. The Morgan fingerprint density at radius 2 is 1.50 bits per heavy atom. The number of nitrogens with zero attached hydrogens (tertiary/aromatic N) is 4. The number of carbonyl (C=O) groups is 1. The van der Waals surface area contributed by atoms with Crippen molar-refractivity contribution in [2.24, 2.45) is 0 Å². The molecule has 0 saturated carbocycles. The molecule has 0 spiro atoms. The zero-order valence-corrected chi connectivity index (χ0v) is 19.5.